The van der Waals surface area contributed by atoms with Crippen LogP contribution in [0.15, 0.2) is 24.3 Å². The molecule has 1 heterocycles. The summed E-state index contributed by atoms with van der Waals surface area (Å²) in [4.78, 5) is 52.0. The SMILES string of the molecule is CCC(=O)c1ccc(C(=O)ON2C(=O)CC(CC)C2=O)cc1. The minimum Gasteiger partial charge on any atom is -0.325 e. The van der Waals surface area contributed by atoms with Gasteiger partial charge in [0, 0.05) is 18.4 Å². The number of hydrogen-bond donors (Lipinski definition) is 0. The maximum absolute atomic E-state index is 12.0. The van der Waals surface area contributed by atoms with E-state index in [4.69, 9.17) is 4.84 Å². The molecule has 1 aromatic rings. The Balaban J connectivity index is 2.08. The van der Waals surface area contributed by atoms with Crippen LogP contribution in [0.4, 0.5) is 0 Å². The topological polar surface area (TPSA) is 80.8 Å². The lowest BCUT2D eigenvalue weighted by molar-refractivity contribution is -0.173. The fourth-order valence-corrected chi connectivity index (χ4v) is 2.22. The number of hydroxylamine groups is 2. The van der Waals surface area contributed by atoms with Crippen molar-refractivity contribution in [2.24, 2.45) is 5.92 Å². The molecule has 0 N–H and O–H groups in total. The Morgan fingerprint density at radius 2 is 1.73 bits per heavy atom. The zero-order chi connectivity index (χ0) is 16.3. The summed E-state index contributed by atoms with van der Waals surface area (Å²) in [5, 5.41) is 0.543. The minimum absolute atomic E-state index is 0.0318. The van der Waals surface area contributed by atoms with Gasteiger partial charge >= 0.3 is 5.97 Å². The van der Waals surface area contributed by atoms with Gasteiger partial charge in [-0.05, 0) is 18.6 Å². The highest BCUT2D eigenvalue weighted by Crippen LogP contribution is 2.23. The predicted molar refractivity (Wildman–Crippen MR) is 76.7 cm³/mol. The molecule has 0 radical (unpaired) electrons. The number of imide groups is 1. The van der Waals surface area contributed by atoms with Gasteiger partial charge in [-0.3, -0.25) is 14.4 Å². The third-order valence-electron chi connectivity index (χ3n) is 3.63. The van der Waals surface area contributed by atoms with Crippen LogP contribution >= 0.6 is 0 Å². The van der Waals surface area contributed by atoms with Crippen molar-refractivity contribution in [3.05, 3.63) is 35.4 Å². The zero-order valence-electron chi connectivity index (χ0n) is 12.5. The van der Waals surface area contributed by atoms with Crippen molar-refractivity contribution in [3.8, 4) is 0 Å². The van der Waals surface area contributed by atoms with Gasteiger partial charge in [0.1, 0.15) is 0 Å². The number of carbonyl (C=O) groups is 4. The van der Waals surface area contributed by atoms with Crippen LogP contribution in [0.3, 0.4) is 0 Å². The summed E-state index contributed by atoms with van der Waals surface area (Å²) >= 11 is 0. The normalized spacial score (nSPS) is 17.7. The molecule has 0 bridgehead atoms. The number of amides is 2. The van der Waals surface area contributed by atoms with Crippen molar-refractivity contribution in [1.29, 1.82) is 0 Å². The van der Waals surface area contributed by atoms with E-state index in [0.717, 1.165) is 0 Å². The van der Waals surface area contributed by atoms with Crippen LogP contribution in [-0.2, 0) is 14.4 Å². The average Bonchev–Trinajstić information content (AvgIpc) is 2.81. The lowest BCUT2D eigenvalue weighted by Crippen LogP contribution is -2.33. The maximum Gasteiger partial charge on any atom is 0.363 e. The Morgan fingerprint density at radius 1 is 1.14 bits per heavy atom. The van der Waals surface area contributed by atoms with E-state index < -0.39 is 23.7 Å². The Morgan fingerprint density at radius 3 is 2.23 bits per heavy atom. The Kier molecular flexibility index (Phi) is 4.70. The first-order valence-electron chi connectivity index (χ1n) is 7.20. The van der Waals surface area contributed by atoms with Gasteiger partial charge in [-0.25, -0.2) is 4.79 Å². The molecule has 1 unspecified atom stereocenters. The quantitative estimate of drug-likeness (QED) is 0.615. The van der Waals surface area contributed by atoms with Crippen LogP contribution in [0.1, 0.15) is 53.8 Å². The summed E-state index contributed by atoms with van der Waals surface area (Å²) in [6.07, 6.45) is 0.956. The summed E-state index contributed by atoms with van der Waals surface area (Å²) < 4.78 is 0. The van der Waals surface area contributed by atoms with Crippen molar-refractivity contribution in [1.82, 2.24) is 5.06 Å². The molecule has 1 aromatic carbocycles. The first kappa shape index (κ1) is 15.9. The van der Waals surface area contributed by atoms with Crippen LogP contribution in [0.25, 0.3) is 0 Å². The highest BCUT2D eigenvalue weighted by molar-refractivity contribution is 6.04. The molecule has 0 spiro atoms. The molecular weight excluding hydrogens is 286 g/mol. The van der Waals surface area contributed by atoms with Crippen LogP contribution in [0.5, 0.6) is 0 Å². The van der Waals surface area contributed by atoms with E-state index in [1.54, 1.807) is 13.8 Å². The first-order valence-corrected chi connectivity index (χ1v) is 7.20. The van der Waals surface area contributed by atoms with E-state index in [0.29, 0.717) is 23.5 Å². The number of Topliss-reactive ketones (excluding diaryl/α,β-unsaturated/α-hetero) is 1. The van der Waals surface area contributed by atoms with Gasteiger partial charge in [0.05, 0.1) is 11.5 Å². The lowest BCUT2D eigenvalue weighted by atomic mass is 10.1. The lowest BCUT2D eigenvalue weighted by Gasteiger charge is -2.13. The fraction of sp³-hybridized carbons (Fsp3) is 0.375. The molecule has 1 fully saturated rings. The number of rotatable bonds is 5. The Bertz CT molecular complexity index is 620. The molecule has 0 saturated carbocycles. The summed E-state index contributed by atoms with van der Waals surface area (Å²) in [7, 11) is 0. The summed E-state index contributed by atoms with van der Waals surface area (Å²) in [6.45, 7) is 3.55. The summed E-state index contributed by atoms with van der Waals surface area (Å²) in [6, 6.07) is 5.91. The molecule has 0 aliphatic carbocycles. The summed E-state index contributed by atoms with van der Waals surface area (Å²) in [5.74, 6) is -2.25. The molecule has 22 heavy (non-hydrogen) atoms. The predicted octanol–water partition coefficient (Wildman–Crippen LogP) is 2.14. The number of nitrogens with zero attached hydrogens (tertiary/aromatic N) is 1. The standard InChI is InChI=1S/C16H17NO5/c1-3-10-9-14(19)17(15(10)20)22-16(21)12-7-5-11(6-8-12)13(18)4-2/h5-8,10H,3-4,9H2,1-2H3. The fourth-order valence-electron chi connectivity index (χ4n) is 2.22. The van der Waals surface area contributed by atoms with Gasteiger partial charge < -0.3 is 4.84 Å². The molecule has 2 rings (SSSR count). The third kappa shape index (κ3) is 3.05. The highest BCUT2D eigenvalue weighted by atomic mass is 16.7. The molecule has 6 heteroatoms. The number of carbonyl (C=O) groups excluding carboxylic acids is 4. The molecule has 6 nitrogen and oxygen atoms in total. The monoisotopic (exact) mass is 303 g/mol. The van der Waals surface area contributed by atoms with Gasteiger partial charge in [-0.15, -0.1) is 5.06 Å². The molecular formula is C16H17NO5. The molecule has 1 atom stereocenters. The second kappa shape index (κ2) is 6.51. The van der Waals surface area contributed by atoms with Gasteiger partial charge in [-0.1, -0.05) is 26.0 Å². The smallest absolute Gasteiger partial charge is 0.325 e. The van der Waals surface area contributed by atoms with Crippen LogP contribution < -0.4 is 0 Å². The molecule has 1 saturated heterocycles. The van der Waals surface area contributed by atoms with Gasteiger partial charge in [0.15, 0.2) is 5.78 Å². The second-order valence-corrected chi connectivity index (χ2v) is 5.07. The maximum atomic E-state index is 12.0. The number of benzene rings is 1. The number of ketones is 1. The van der Waals surface area contributed by atoms with Crippen LogP contribution in [-0.4, -0.2) is 28.6 Å². The van der Waals surface area contributed by atoms with E-state index in [1.807, 2.05) is 0 Å². The van der Waals surface area contributed by atoms with Crippen molar-refractivity contribution >= 4 is 23.6 Å². The van der Waals surface area contributed by atoms with Gasteiger partial charge in [0.25, 0.3) is 11.8 Å². The molecule has 2 amide bonds. The number of hydrogen-bond acceptors (Lipinski definition) is 5. The highest BCUT2D eigenvalue weighted by Gasteiger charge is 2.40. The van der Waals surface area contributed by atoms with Crippen molar-refractivity contribution in [3.63, 3.8) is 0 Å². The van der Waals surface area contributed by atoms with Crippen LogP contribution in [0.2, 0.25) is 0 Å². The van der Waals surface area contributed by atoms with E-state index in [1.165, 1.54) is 24.3 Å². The van der Waals surface area contributed by atoms with E-state index in [2.05, 4.69) is 0 Å². The zero-order valence-corrected chi connectivity index (χ0v) is 12.5. The van der Waals surface area contributed by atoms with Crippen molar-refractivity contribution in [2.75, 3.05) is 0 Å². The van der Waals surface area contributed by atoms with E-state index in [9.17, 15) is 19.2 Å². The van der Waals surface area contributed by atoms with Crippen LogP contribution in [0, 0.1) is 5.92 Å². The van der Waals surface area contributed by atoms with Crippen molar-refractivity contribution < 1.29 is 24.0 Å². The summed E-state index contributed by atoms with van der Waals surface area (Å²) in [5.41, 5.74) is 0.673. The first-order chi connectivity index (χ1) is 10.5. The molecule has 1 aliphatic rings. The van der Waals surface area contributed by atoms with Gasteiger partial charge in [-0.2, -0.15) is 0 Å². The molecule has 116 valence electrons. The molecule has 0 aromatic heterocycles. The Labute approximate surface area is 128 Å². The van der Waals surface area contributed by atoms with Crippen molar-refractivity contribution in [2.45, 2.75) is 33.1 Å². The third-order valence-corrected chi connectivity index (χ3v) is 3.63. The average molecular weight is 303 g/mol. The Hall–Kier alpha value is -2.50. The second-order valence-electron chi connectivity index (χ2n) is 5.07. The van der Waals surface area contributed by atoms with Gasteiger partial charge in [0.2, 0.25) is 0 Å². The largest absolute Gasteiger partial charge is 0.363 e. The minimum atomic E-state index is -0.797. The molecule has 1 aliphatic heterocycles. The van der Waals surface area contributed by atoms with E-state index in [-0.39, 0.29) is 17.8 Å². The van der Waals surface area contributed by atoms with E-state index >= 15 is 0 Å².